The molecule has 0 unspecified atom stereocenters. The molecule has 0 saturated carbocycles. The molecule has 344 valence electrons. The van der Waals surface area contributed by atoms with E-state index in [1.165, 1.54) is 0 Å². The third-order valence-electron chi connectivity index (χ3n) is 11.8. The Hall–Kier alpha value is -4.08. The molecule has 4 N–H and O–H groups in total. The number of carbonyl (C=O) groups excluding carboxylic acids is 2. The van der Waals surface area contributed by atoms with Crippen molar-refractivity contribution in [2.75, 3.05) is 67.6 Å². The van der Waals surface area contributed by atoms with Crippen molar-refractivity contribution in [3.63, 3.8) is 0 Å². The fourth-order valence-corrected chi connectivity index (χ4v) is 13.2. The second-order valence-corrected chi connectivity index (χ2v) is 23.2. The van der Waals surface area contributed by atoms with Gasteiger partial charge in [0.05, 0.1) is 37.9 Å². The van der Waals surface area contributed by atoms with Crippen LogP contribution in [0.4, 0.5) is 0 Å². The molecule has 0 atom stereocenters. The molecule has 0 heterocycles. The minimum Gasteiger partial charge on any atom is -0.395 e. The molecule has 5 aromatic rings. The van der Waals surface area contributed by atoms with Gasteiger partial charge < -0.3 is 33.3 Å². The number of hydrogen-bond acceptors (Lipinski definition) is 9. The largest absolute Gasteiger partial charge is 0.660 e. The summed E-state index contributed by atoms with van der Waals surface area (Å²) in [5.41, 5.74) is 5.91. The number of aliphatic hydroxyl groups excluding tert-OH is 4. The molecule has 64 heavy (non-hydrogen) atoms. The van der Waals surface area contributed by atoms with Crippen molar-refractivity contribution in [3.8, 4) is 0 Å². The zero-order valence-corrected chi connectivity index (χ0v) is 39.5. The quantitative estimate of drug-likeness (QED) is 0.0167. The molecule has 0 spiro atoms. The Morgan fingerprint density at radius 2 is 0.844 bits per heavy atom. The van der Waals surface area contributed by atoms with E-state index < -0.39 is 33.4 Å². The molecule has 12 heteroatoms. The van der Waals surface area contributed by atoms with E-state index >= 15 is 0 Å². The smallest absolute Gasteiger partial charge is 0.395 e. The lowest BCUT2D eigenvalue weighted by atomic mass is 9.67. The van der Waals surface area contributed by atoms with Crippen LogP contribution in [0, 0.1) is 0 Å². The Bertz CT molecular complexity index is 1940. The van der Waals surface area contributed by atoms with E-state index in [1.54, 1.807) is 24.3 Å². The maximum atomic E-state index is 14.1. The summed E-state index contributed by atoms with van der Waals surface area (Å²) in [4.78, 5) is 28.2. The summed E-state index contributed by atoms with van der Waals surface area (Å²) < 4.78 is 20.4. The Balaban J connectivity index is 1.53. The lowest BCUT2D eigenvalue weighted by Crippen LogP contribution is -2.39. The summed E-state index contributed by atoms with van der Waals surface area (Å²) >= 11 is 0. The van der Waals surface area contributed by atoms with Crippen LogP contribution in [0.3, 0.4) is 0 Å². The van der Waals surface area contributed by atoms with Gasteiger partial charge in [-0.25, -0.2) is 0 Å². The number of carbonyl (C=O) groups is 2. The van der Waals surface area contributed by atoms with Gasteiger partial charge in [-0.15, -0.1) is 20.6 Å². The highest BCUT2D eigenvalue weighted by atomic mass is 32.3. The minimum absolute atomic E-state index is 0.0508. The number of aliphatic hydroxyl groups is 4. The van der Waals surface area contributed by atoms with Crippen LogP contribution in [0.25, 0.3) is 0 Å². The molecule has 0 bridgehead atoms. The van der Waals surface area contributed by atoms with Crippen molar-refractivity contribution in [1.82, 2.24) is 0 Å². The van der Waals surface area contributed by atoms with Gasteiger partial charge in [0.25, 0.3) is 0 Å². The van der Waals surface area contributed by atoms with Gasteiger partial charge in [0.15, 0.2) is 11.6 Å². The van der Waals surface area contributed by atoms with Crippen LogP contribution >= 0.6 is 20.6 Å². The van der Waals surface area contributed by atoms with Crippen molar-refractivity contribution in [1.29, 1.82) is 0 Å². The maximum absolute atomic E-state index is 14.1. The fourth-order valence-electron chi connectivity index (χ4n) is 8.19. The van der Waals surface area contributed by atoms with E-state index in [0.29, 0.717) is 24.0 Å². The van der Waals surface area contributed by atoms with Crippen molar-refractivity contribution in [2.45, 2.75) is 57.8 Å². The lowest BCUT2D eigenvalue weighted by Gasteiger charge is -2.44. The normalized spacial score (nSPS) is 12.7. The third kappa shape index (κ3) is 13.5. The molecule has 0 aliphatic heterocycles. The predicted molar refractivity (Wildman–Crippen MR) is 265 cm³/mol. The maximum Gasteiger partial charge on any atom is 0.660 e. The predicted octanol–water partition coefficient (Wildman–Crippen LogP) is 9.26. The summed E-state index contributed by atoms with van der Waals surface area (Å²) in [6.45, 7) is 7.14. The van der Waals surface area contributed by atoms with Crippen LogP contribution < -0.4 is 0 Å². The molecular weight excluding hydrogens is 844 g/mol. The molecule has 0 saturated heterocycles. The van der Waals surface area contributed by atoms with E-state index in [1.807, 2.05) is 78.9 Å². The first-order chi connectivity index (χ1) is 30.9. The third-order valence-corrected chi connectivity index (χ3v) is 18.2. The molecule has 5 aromatic carbocycles. The summed E-state index contributed by atoms with van der Waals surface area (Å²) in [6.07, 6.45) is 1.12. The summed E-state index contributed by atoms with van der Waals surface area (Å²) in [5, 5.41) is 42.0. The van der Waals surface area contributed by atoms with Gasteiger partial charge in [0, 0.05) is 46.2 Å². The number of benzene rings is 5. The van der Waals surface area contributed by atoms with Crippen molar-refractivity contribution < 1.29 is 42.9 Å². The van der Waals surface area contributed by atoms with Gasteiger partial charge in [-0.1, -0.05) is 167 Å². The van der Waals surface area contributed by atoms with E-state index in [0.717, 1.165) is 27.8 Å². The average molecular weight is 911 g/mol. The van der Waals surface area contributed by atoms with Crippen LogP contribution in [0.15, 0.2) is 140 Å². The highest BCUT2D eigenvalue weighted by Crippen LogP contribution is 2.55. The van der Waals surface area contributed by atoms with Gasteiger partial charge in [-0.3, -0.25) is 9.59 Å². The van der Waals surface area contributed by atoms with Crippen LogP contribution in [0.1, 0.15) is 101 Å². The number of Topliss-reactive ketones (excluding diaryl/α,β-unsaturated/α-hetero) is 2. The fraction of sp³-hybridized carbons (Fsp3) is 0.385. The topological polar surface area (TPSA) is 143 Å². The van der Waals surface area contributed by atoms with Gasteiger partial charge in [-0.2, -0.15) is 0 Å². The first-order valence-corrected chi connectivity index (χ1v) is 26.4. The molecular formula is C52H67BO9S2. The Morgan fingerprint density at radius 1 is 0.516 bits per heavy atom. The molecule has 0 aliphatic carbocycles. The monoisotopic (exact) mass is 910 g/mol. The first kappa shape index (κ1) is 50.9. The standard InChI is InChI=1S/C52H67BO9S2/c1-41(2)43-21-25-45(26-22-43)50(58)39-63(35-30-54,36-31-55)61-53(62-64(37-32-56,38-33-57)40-51(59)46-27-23-44(24-28-46)42(3)4)60-34-14-29-52(47-15-8-5-9-16-47,48-17-10-6-11-18-48)49-19-12-7-13-20-49/h5-13,15-28,41-42,54-57H,14,29-40H2,1-4H3. The minimum atomic E-state index is -2.66. The molecule has 0 radical (unpaired) electrons. The Kier molecular flexibility index (Phi) is 19.9. The van der Waals surface area contributed by atoms with Crippen molar-refractivity contribution >= 4 is 39.5 Å². The van der Waals surface area contributed by atoms with E-state index in [9.17, 15) is 30.0 Å². The van der Waals surface area contributed by atoms with Crippen molar-refractivity contribution in [3.05, 3.63) is 178 Å². The SMILES string of the molecule is CC(C)c1ccc(C(=O)CS(CCO)(CCO)OB(OCCCC(c2ccccc2)(c2ccccc2)c2ccccc2)OS(CCO)(CCO)CC(=O)c2ccc(C(C)C)cc2)cc1. The van der Waals surface area contributed by atoms with Crippen LogP contribution in [-0.4, -0.2) is 107 Å². The Labute approximate surface area is 384 Å². The van der Waals surface area contributed by atoms with Crippen molar-refractivity contribution in [2.24, 2.45) is 0 Å². The zero-order chi connectivity index (χ0) is 46.0. The second-order valence-electron chi connectivity index (χ2n) is 16.8. The van der Waals surface area contributed by atoms with E-state index in [4.69, 9.17) is 12.9 Å². The molecule has 5 rings (SSSR count). The van der Waals surface area contributed by atoms with Gasteiger partial charge in [-0.05, 0) is 52.5 Å². The highest BCUT2D eigenvalue weighted by Gasteiger charge is 2.42. The number of ketones is 2. The van der Waals surface area contributed by atoms with Crippen LogP contribution in [-0.2, 0) is 18.3 Å². The van der Waals surface area contributed by atoms with Gasteiger partial charge >= 0.3 is 7.32 Å². The van der Waals surface area contributed by atoms with Crippen LogP contribution in [0.5, 0.6) is 0 Å². The second kappa shape index (κ2) is 25.0. The zero-order valence-electron chi connectivity index (χ0n) is 37.9. The van der Waals surface area contributed by atoms with E-state index in [-0.39, 0.29) is 91.0 Å². The van der Waals surface area contributed by atoms with Gasteiger partial charge in [0.1, 0.15) is 0 Å². The molecule has 0 aliphatic rings. The Morgan fingerprint density at radius 3 is 1.14 bits per heavy atom. The summed E-state index contributed by atoms with van der Waals surface area (Å²) in [5.74, 6) is 0.0844. The number of hydrogen-bond donors (Lipinski definition) is 4. The first-order valence-electron chi connectivity index (χ1n) is 22.3. The van der Waals surface area contributed by atoms with E-state index in [2.05, 4.69) is 64.1 Å². The molecule has 0 amide bonds. The van der Waals surface area contributed by atoms with Gasteiger partial charge in [0.2, 0.25) is 0 Å². The lowest BCUT2D eigenvalue weighted by molar-refractivity contribution is 0.101. The average Bonchev–Trinajstić information content (AvgIpc) is 3.30. The molecule has 0 aromatic heterocycles. The molecule has 0 fully saturated rings. The molecule has 9 nitrogen and oxygen atoms in total. The summed E-state index contributed by atoms with van der Waals surface area (Å²) in [7, 11) is -6.79. The van der Waals surface area contributed by atoms with Crippen LogP contribution in [0.2, 0.25) is 0 Å². The summed E-state index contributed by atoms with van der Waals surface area (Å²) in [6, 6.07) is 46.0. The highest BCUT2D eigenvalue weighted by molar-refractivity contribution is 8.32. The number of rotatable bonds is 28.